The van der Waals surface area contributed by atoms with Gasteiger partial charge in [0.05, 0.1) is 10.2 Å². The highest BCUT2D eigenvalue weighted by molar-refractivity contribution is 7.22. The zero-order valence-electron chi connectivity index (χ0n) is 14.3. The summed E-state index contributed by atoms with van der Waals surface area (Å²) in [5.41, 5.74) is 3.04. The third-order valence-electron chi connectivity index (χ3n) is 4.19. The number of benzene rings is 3. The third kappa shape index (κ3) is 3.44. The summed E-state index contributed by atoms with van der Waals surface area (Å²) >= 11 is 1.28. The van der Waals surface area contributed by atoms with E-state index in [-0.39, 0.29) is 11.5 Å². The zero-order valence-corrected chi connectivity index (χ0v) is 15.1. The fourth-order valence-corrected chi connectivity index (χ4v) is 3.65. The highest BCUT2D eigenvalue weighted by atomic mass is 32.1. The highest BCUT2D eigenvalue weighted by Gasteiger charge is 2.13. The van der Waals surface area contributed by atoms with Crippen molar-refractivity contribution in [2.75, 3.05) is 5.32 Å². The van der Waals surface area contributed by atoms with E-state index in [4.69, 9.17) is 0 Å². The van der Waals surface area contributed by atoms with Gasteiger partial charge in [-0.25, -0.2) is 13.8 Å². The first kappa shape index (κ1) is 17.3. The first-order valence-electron chi connectivity index (χ1n) is 8.24. The van der Waals surface area contributed by atoms with E-state index < -0.39 is 11.6 Å². The normalized spacial score (nSPS) is 10.9. The first-order valence-corrected chi connectivity index (χ1v) is 9.06. The third-order valence-corrected chi connectivity index (χ3v) is 5.12. The molecule has 4 rings (SSSR count). The predicted octanol–water partition coefficient (Wildman–Crippen LogP) is 5.80. The largest absolute Gasteiger partial charge is 0.298 e. The van der Waals surface area contributed by atoms with Crippen LogP contribution < -0.4 is 5.32 Å². The van der Waals surface area contributed by atoms with Gasteiger partial charge >= 0.3 is 0 Å². The van der Waals surface area contributed by atoms with E-state index in [9.17, 15) is 13.6 Å². The smallest absolute Gasteiger partial charge is 0.257 e. The summed E-state index contributed by atoms with van der Waals surface area (Å²) in [6.07, 6.45) is 0. The van der Waals surface area contributed by atoms with Gasteiger partial charge < -0.3 is 0 Å². The van der Waals surface area contributed by atoms with Crippen LogP contribution in [0.25, 0.3) is 21.3 Å². The van der Waals surface area contributed by atoms with Gasteiger partial charge in [0.25, 0.3) is 5.91 Å². The standard InChI is InChI=1S/C21H14F2N2OS/c1-12-5-7-13(8-6-12)20(26)25-21-24-17-10-9-14(11-18(17)27-21)15-3-2-4-16(22)19(15)23/h2-11H,1H3,(H,24,25,26). The molecule has 0 saturated heterocycles. The number of aryl methyl sites for hydroxylation is 1. The number of fused-ring (bicyclic) bond motifs is 1. The van der Waals surface area contributed by atoms with Crippen LogP contribution in [0.4, 0.5) is 13.9 Å². The highest BCUT2D eigenvalue weighted by Crippen LogP contribution is 2.32. The molecule has 0 bridgehead atoms. The van der Waals surface area contributed by atoms with Gasteiger partial charge in [-0.1, -0.05) is 47.2 Å². The Bertz CT molecular complexity index is 1150. The fourth-order valence-electron chi connectivity index (χ4n) is 2.75. The molecule has 1 aromatic heterocycles. The van der Waals surface area contributed by atoms with Crippen molar-refractivity contribution in [2.24, 2.45) is 0 Å². The summed E-state index contributed by atoms with van der Waals surface area (Å²) in [6.45, 7) is 1.95. The van der Waals surface area contributed by atoms with Gasteiger partial charge in [0.2, 0.25) is 0 Å². The number of anilines is 1. The second-order valence-corrected chi connectivity index (χ2v) is 7.15. The summed E-state index contributed by atoms with van der Waals surface area (Å²) in [7, 11) is 0. The van der Waals surface area contributed by atoms with Gasteiger partial charge in [-0.2, -0.15) is 0 Å². The first-order chi connectivity index (χ1) is 13.0. The van der Waals surface area contributed by atoms with Crippen LogP contribution in [-0.2, 0) is 0 Å². The maximum atomic E-state index is 14.0. The molecule has 27 heavy (non-hydrogen) atoms. The summed E-state index contributed by atoms with van der Waals surface area (Å²) in [5, 5.41) is 3.23. The van der Waals surface area contributed by atoms with Crippen LogP contribution in [0.3, 0.4) is 0 Å². The molecular weight excluding hydrogens is 366 g/mol. The molecule has 0 fully saturated rings. The number of halogens is 2. The molecule has 0 atom stereocenters. The number of rotatable bonds is 3. The molecule has 6 heteroatoms. The molecule has 0 spiro atoms. The van der Waals surface area contributed by atoms with Crippen molar-refractivity contribution >= 4 is 32.6 Å². The van der Waals surface area contributed by atoms with Crippen molar-refractivity contribution in [1.29, 1.82) is 0 Å². The van der Waals surface area contributed by atoms with Crippen molar-refractivity contribution in [3.05, 3.63) is 83.4 Å². The number of hydrogen-bond acceptors (Lipinski definition) is 3. The number of nitrogens with one attached hydrogen (secondary N) is 1. The lowest BCUT2D eigenvalue weighted by molar-refractivity contribution is 0.102. The number of aromatic nitrogens is 1. The number of carbonyl (C=O) groups excluding carboxylic acids is 1. The van der Waals surface area contributed by atoms with Gasteiger partial charge in [-0.3, -0.25) is 10.1 Å². The molecule has 3 aromatic carbocycles. The van der Waals surface area contributed by atoms with Crippen molar-refractivity contribution in [3.63, 3.8) is 0 Å². The van der Waals surface area contributed by atoms with Crippen molar-refractivity contribution in [2.45, 2.75) is 6.92 Å². The lowest BCUT2D eigenvalue weighted by atomic mass is 10.0. The molecule has 0 aliphatic rings. The van der Waals surface area contributed by atoms with Gasteiger partial charge in [0.1, 0.15) is 0 Å². The van der Waals surface area contributed by atoms with E-state index in [1.807, 2.05) is 19.1 Å². The number of carbonyl (C=O) groups is 1. The minimum Gasteiger partial charge on any atom is -0.298 e. The summed E-state index contributed by atoms with van der Waals surface area (Å²) in [6, 6.07) is 16.5. The lowest BCUT2D eigenvalue weighted by Gasteiger charge is -2.03. The maximum absolute atomic E-state index is 14.0. The minimum atomic E-state index is -0.886. The summed E-state index contributed by atoms with van der Waals surface area (Å²) < 4.78 is 28.3. The number of hydrogen-bond donors (Lipinski definition) is 1. The maximum Gasteiger partial charge on any atom is 0.257 e. The van der Waals surface area contributed by atoms with Crippen LogP contribution in [-0.4, -0.2) is 10.9 Å². The van der Waals surface area contributed by atoms with Gasteiger partial charge in [-0.05, 0) is 42.8 Å². The van der Waals surface area contributed by atoms with Crippen molar-refractivity contribution in [1.82, 2.24) is 4.98 Å². The quantitative estimate of drug-likeness (QED) is 0.488. The molecule has 1 amide bonds. The van der Waals surface area contributed by atoms with E-state index in [1.165, 1.54) is 23.5 Å². The molecule has 1 heterocycles. The Kier molecular flexibility index (Phi) is 4.41. The second-order valence-electron chi connectivity index (χ2n) is 6.12. The Balaban J connectivity index is 1.64. The van der Waals surface area contributed by atoms with Crippen LogP contribution >= 0.6 is 11.3 Å². The topological polar surface area (TPSA) is 42.0 Å². The van der Waals surface area contributed by atoms with Crippen LogP contribution in [0.2, 0.25) is 0 Å². The Morgan fingerprint density at radius 2 is 1.81 bits per heavy atom. The molecule has 0 unspecified atom stereocenters. The molecule has 4 aromatic rings. The van der Waals surface area contributed by atoms with Crippen LogP contribution in [0.5, 0.6) is 0 Å². The van der Waals surface area contributed by atoms with Crippen molar-refractivity contribution in [3.8, 4) is 11.1 Å². The number of thiazole rings is 1. The molecule has 0 aliphatic heterocycles. The SMILES string of the molecule is Cc1ccc(C(=O)Nc2nc3ccc(-c4cccc(F)c4F)cc3s2)cc1. The molecule has 134 valence electrons. The van der Waals surface area contributed by atoms with E-state index >= 15 is 0 Å². The predicted molar refractivity (Wildman–Crippen MR) is 104 cm³/mol. The van der Waals surface area contributed by atoms with Gasteiger partial charge in [0, 0.05) is 11.1 Å². The van der Waals surface area contributed by atoms with E-state index in [1.54, 1.807) is 30.3 Å². The zero-order chi connectivity index (χ0) is 19.0. The van der Waals surface area contributed by atoms with Gasteiger partial charge in [0.15, 0.2) is 16.8 Å². The summed E-state index contributed by atoms with van der Waals surface area (Å²) in [5.74, 6) is -2.01. The average Bonchev–Trinajstić information content (AvgIpc) is 3.05. The number of nitrogens with zero attached hydrogens (tertiary/aromatic N) is 1. The Morgan fingerprint density at radius 1 is 1.04 bits per heavy atom. The average molecular weight is 380 g/mol. The molecule has 0 aliphatic carbocycles. The molecule has 3 nitrogen and oxygen atoms in total. The molecular formula is C21H14F2N2OS. The Hall–Kier alpha value is -3.12. The Morgan fingerprint density at radius 3 is 2.59 bits per heavy atom. The van der Waals surface area contributed by atoms with E-state index in [0.29, 0.717) is 21.8 Å². The van der Waals surface area contributed by atoms with Crippen LogP contribution in [0.1, 0.15) is 15.9 Å². The molecule has 0 saturated carbocycles. The minimum absolute atomic E-state index is 0.190. The molecule has 0 radical (unpaired) electrons. The lowest BCUT2D eigenvalue weighted by Crippen LogP contribution is -2.11. The second kappa shape index (κ2) is 6.89. The fraction of sp³-hybridized carbons (Fsp3) is 0.0476. The summed E-state index contributed by atoms with van der Waals surface area (Å²) in [4.78, 5) is 16.7. The van der Waals surface area contributed by atoms with Crippen LogP contribution in [0.15, 0.2) is 60.7 Å². The monoisotopic (exact) mass is 380 g/mol. The number of amides is 1. The van der Waals surface area contributed by atoms with Gasteiger partial charge in [-0.15, -0.1) is 0 Å². The van der Waals surface area contributed by atoms with Crippen molar-refractivity contribution < 1.29 is 13.6 Å². The van der Waals surface area contributed by atoms with E-state index in [2.05, 4.69) is 10.3 Å². The van der Waals surface area contributed by atoms with E-state index in [0.717, 1.165) is 16.3 Å². The van der Waals surface area contributed by atoms with Crippen LogP contribution in [0, 0.1) is 18.6 Å². The Labute approximate surface area is 158 Å². The molecule has 1 N–H and O–H groups in total.